The Hall–Kier alpha value is -0.860. The molecule has 2 nitrogen and oxygen atoms in total. The predicted octanol–water partition coefficient (Wildman–Crippen LogP) is 2.96. The molecule has 2 unspecified atom stereocenters. The second kappa shape index (κ2) is 5.16. The molecule has 1 aliphatic heterocycles. The van der Waals surface area contributed by atoms with E-state index in [4.69, 9.17) is 0 Å². The monoisotopic (exact) mass is 270 g/mol. The molecule has 3 aliphatic rings. The molecule has 2 heteroatoms. The van der Waals surface area contributed by atoms with Gasteiger partial charge < -0.3 is 5.32 Å². The summed E-state index contributed by atoms with van der Waals surface area (Å²) in [6.45, 7) is 5.83. The standard InChI is InChI=1S/C18H26N2/c1-13-3-2-4-14(9-13)11-20-12-17(15-5-6-15)19-10-18(20)16-7-8-16/h2-4,9,15-19H,5-8,10-12H2,1H3. The normalized spacial score (nSPS) is 31.4. The van der Waals surface area contributed by atoms with Gasteiger partial charge in [-0.3, -0.25) is 4.90 Å². The van der Waals surface area contributed by atoms with Gasteiger partial charge in [-0.2, -0.15) is 0 Å². The van der Waals surface area contributed by atoms with E-state index in [9.17, 15) is 0 Å². The van der Waals surface area contributed by atoms with Gasteiger partial charge in [-0.15, -0.1) is 0 Å². The number of benzene rings is 1. The van der Waals surface area contributed by atoms with Gasteiger partial charge in [0.15, 0.2) is 0 Å². The molecular weight excluding hydrogens is 244 g/mol. The Kier molecular flexibility index (Phi) is 3.31. The second-order valence-electron chi connectivity index (χ2n) is 7.18. The van der Waals surface area contributed by atoms with Gasteiger partial charge in [0.2, 0.25) is 0 Å². The summed E-state index contributed by atoms with van der Waals surface area (Å²) >= 11 is 0. The van der Waals surface area contributed by atoms with Crippen LogP contribution in [0.5, 0.6) is 0 Å². The molecule has 1 N–H and O–H groups in total. The van der Waals surface area contributed by atoms with Crippen molar-refractivity contribution >= 4 is 0 Å². The zero-order valence-electron chi connectivity index (χ0n) is 12.5. The van der Waals surface area contributed by atoms with Gasteiger partial charge in [0.25, 0.3) is 0 Å². The fraction of sp³-hybridized carbons (Fsp3) is 0.667. The van der Waals surface area contributed by atoms with Crippen LogP contribution in [-0.2, 0) is 6.54 Å². The average Bonchev–Trinajstić information content (AvgIpc) is 3.30. The average molecular weight is 270 g/mol. The summed E-state index contributed by atoms with van der Waals surface area (Å²) in [5.74, 6) is 1.93. The molecule has 1 saturated heterocycles. The first-order valence-corrected chi connectivity index (χ1v) is 8.32. The van der Waals surface area contributed by atoms with E-state index >= 15 is 0 Å². The van der Waals surface area contributed by atoms with Crippen LogP contribution in [0.1, 0.15) is 36.8 Å². The first-order valence-electron chi connectivity index (χ1n) is 8.32. The number of hydrogen-bond acceptors (Lipinski definition) is 2. The SMILES string of the molecule is Cc1cccc(CN2CC(C3CC3)NCC2C2CC2)c1. The number of aryl methyl sites for hydroxylation is 1. The van der Waals surface area contributed by atoms with Crippen LogP contribution in [0.4, 0.5) is 0 Å². The maximum absolute atomic E-state index is 3.84. The van der Waals surface area contributed by atoms with E-state index in [1.54, 1.807) is 0 Å². The number of nitrogens with zero attached hydrogens (tertiary/aromatic N) is 1. The number of rotatable bonds is 4. The molecule has 4 rings (SSSR count). The number of nitrogens with one attached hydrogen (secondary N) is 1. The van der Waals surface area contributed by atoms with Gasteiger partial charge in [0.05, 0.1) is 0 Å². The summed E-state index contributed by atoms with van der Waals surface area (Å²) in [7, 11) is 0. The van der Waals surface area contributed by atoms with Crippen LogP contribution >= 0.6 is 0 Å². The third kappa shape index (κ3) is 2.77. The van der Waals surface area contributed by atoms with E-state index < -0.39 is 0 Å². The molecule has 2 atom stereocenters. The Morgan fingerprint density at radius 2 is 1.95 bits per heavy atom. The molecule has 0 bridgehead atoms. The van der Waals surface area contributed by atoms with E-state index in [0.717, 1.165) is 30.5 Å². The molecule has 1 heterocycles. The molecule has 2 aliphatic carbocycles. The Balaban J connectivity index is 1.48. The predicted molar refractivity (Wildman–Crippen MR) is 82.6 cm³/mol. The van der Waals surface area contributed by atoms with Gasteiger partial charge in [0.1, 0.15) is 0 Å². The summed E-state index contributed by atoms with van der Waals surface area (Å²) in [5.41, 5.74) is 2.88. The maximum Gasteiger partial charge on any atom is 0.0253 e. The van der Waals surface area contributed by atoms with Gasteiger partial charge in [-0.25, -0.2) is 0 Å². The third-order valence-electron chi connectivity index (χ3n) is 5.31. The lowest BCUT2D eigenvalue weighted by atomic mass is 10.0. The van der Waals surface area contributed by atoms with Crippen LogP contribution in [0.25, 0.3) is 0 Å². The lowest BCUT2D eigenvalue weighted by Crippen LogP contribution is -2.57. The van der Waals surface area contributed by atoms with Crippen LogP contribution in [0.2, 0.25) is 0 Å². The molecule has 0 radical (unpaired) electrons. The van der Waals surface area contributed by atoms with Crippen molar-refractivity contribution in [2.45, 2.75) is 51.2 Å². The van der Waals surface area contributed by atoms with Crippen LogP contribution in [-0.4, -0.2) is 30.1 Å². The lowest BCUT2D eigenvalue weighted by molar-refractivity contribution is 0.100. The maximum atomic E-state index is 3.84. The minimum absolute atomic E-state index is 0.759. The molecule has 0 spiro atoms. The summed E-state index contributed by atoms with van der Waals surface area (Å²) in [6, 6.07) is 10.6. The number of hydrogen-bond donors (Lipinski definition) is 1. The van der Waals surface area contributed by atoms with E-state index in [1.165, 1.54) is 49.9 Å². The highest BCUT2D eigenvalue weighted by Gasteiger charge is 2.42. The molecule has 0 aromatic heterocycles. The fourth-order valence-corrected chi connectivity index (χ4v) is 3.84. The van der Waals surface area contributed by atoms with E-state index in [-0.39, 0.29) is 0 Å². The van der Waals surface area contributed by atoms with Crippen LogP contribution in [0.15, 0.2) is 24.3 Å². The molecule has 1 aromatic carbocycles. The van der Waals surface area contributed by atoms with E-state index in [1.807, 2.05) is 0 Å². The first-order chi connectivity index (χ1) is 9.79. The van der Waals surface area contributed by atoms with Gasteiger partial charge >= 0.3 is 0 Å². The van der Waals surface area contributed by atoms with Crippen LogP contribution in [0, 0.1) is 18.8 Å². The molecule has 20 heavy (non-hydrogen) atoms. The van der Waals surface area contributed by atoms with Crippen LogP contribution in [0.3, 0.4) is 0 Å². The Morgan fingerprint density at radius 3 is 2.65 bits per heavy atom. The molecule has 0 amide bonds. The highest BCUT2D eigenvalue weighted by atomic mass is 15.2. The molecule has 2 saturated carbocycles. The minimum Gasteiger partial charge on any atom is -0.311 e. The highest BCUT2D eigenvalue weighted by Crippen LogP contribution is 2.40. The summed E-state index contributed by atoms with van der Waals surface area (Å²) in [5, 5.41) is 3.84. The van der Waals surface area contributed by atoms with Crippen LogP contribution < -0.4 is 5.32 Å². The molecule has 3 fully saturated rings. The van der Waals surface area contributed by atoms with Crippen molar-refractivity contribution in [1.82, 2.24) is 10.2 Å². The van der Waals surface area contributed by atoms with Crippen molar-refractivity contribution < 1.29 is 0 Å². The minimum atomic E-state index is 0.759. The van der Waals surface area contributed by atoms with Crippen molar-refractivity contribution in [3.63, 3.8) is 0 Å². The third-order valence-corrected chi connectivity index (χ3v) is 5.31. The van der Waals surface area contributed by atoms with E-state index in [2.05, 4.69) is 41.4 Å². The lowest BCUT2D eigenvalue weighted by Gasteiger charge is -2.41. The van der Waals surface area contributed by atoms with E-state index in [0.29, 0.717) is 0 Å². The van der Waals surface area contributed by atoms with Crippen molar-refractivity contribution in [3.05, 3.63) is 35.4 Å². The fourth-order valence-electron chi connectivity index (χ4n) is 3.84. The smallest absolute Gasteiger partial charge is 0.0253 e. The van der Waals surface area contributed by atoms with Crippen molar-refractivity contribution in [2.24, 2.45) is 11.8 Å². The van der Waals surface area contributed by atoms with Crippen molar-refractivity contribution in [3.8, 4) is 0 Å². The zero-order chi connectivity index (χ0) is 13.5. The summed E-state index contributed by atoms with van der Waals surface area (Å²) in [4.78, 5) is 2.78. The topological polar surface area (TPSA) is 15.3 Å². The molecule has 1 aromatic rings. The molecule has 108 valence electrons. The highest BCUT2D eigenvalue weighted by molar-refractivity contribution is 5.22. The molecular formula is C18H26N2. The van der Waals surface area contributed by atoms with Gasteiger partial charge in [-0.05, 0) is 50.0 Å². The largest absolute Gasteiger partial charge is 0.311 e. The van der Waals surface area contributed by atoms with Gasteiger partial charge in [-0.1, -0.05) is 29.8 Å². The van der Waals surface area contributed by atoms with Crippen molar-refractivity contribution in [2.75, 3.05) is 13.1 Å². The number of piperazine rings is 1. The summed E-state index contributed by atoms with van der Waals surface area (Å²) < 4.78 is 0. The summed E-state index contributed by atoms with van der Waals surface area (Å²) in [6.07, 6.45) is 5.80. The Labute approximate surface area is 122 Å². The zero-order valence-corrected chi connectivity index (χ0v) is 12.5. The Bertz CT molecular complexity index is 476. The Morgan fingerprint density at radius 1 is 1.15 bits per heavy atom. The first kappa shape index (κ1) is 12.8. The van der Waals surface area contributed by atoms with Gasteiger partial charge in [0, 0.05) is 31.7 Å². The second-order valence-corrected chi connectivity index (χ2v) is 7.18. The van der Waals surface area contributed by atoms with Crippen molar-refractivity contribution in [1.29, 1.82) is 0 Å². The quantitative estimate of drug-likeness (QED) is 0.905.